The van der Waals surface area contributed by atoms with Crippen LogP contribution in [0.4, 0.5) is 11.5 Å². The smallest absolute Gasteiger partial charge is 0.289 e. The minimum absolute atomic E-state index is 0.0780. The summed E-state index contributed by atoms with van der Waals surface area (Å²) in [6.07, 6.45) is 3.80. The zero-order chi connectivity index (χ0) is 19.7. The summed E-state index contributed by atoms with van der Waals surface area (Å²) in [5.41, 5.74) is 0.470. The van der Waals surface area contributed by atoms with Gasteiger partial charge in [-0.25, -0.2) is 0 Å². The monoisotopic (exact) mass is 434 g/mol. The van der Waals surface area contributed by atoms with Gasteiger partial charge < -0.3 is 9.80 Å². The van der Waals surface area contributed by atoms with Gasteiger partial charge in [0.2, 0.25) is 0 Å². The van der Waals surface area contributed by atoms with Gasteiger partial charge in [-0.05, 0) is 47.6 Å². The second-order valence-electron chi connectivity index (χ2n) is 6.42. The Kier molecular flexibility index (Phi) is 5.39. The molecule has 0 radical (unpaired) electrons. The molecule has 1 aliphatic rings. The van der Waals surface area contributed by atoms with Crippen molar-refractivity contribution in [2.75, 3.05) is 31.1 Å². The molecule has 144 valence electrons. The number of hydrogen-bond donors (Lipinski definition) is 0. The highest BCUT2D eigenvalue weighted by Gasteiger charge is 2.19. The standard InChI is InChI=1S/C19H16Cl2N4O2S/c20-15-12-17(25(26)27)16(21)11-13(15)5-6-23-7-9-24(10-8-23)19-14-3-1-2-4-18(14)28-22-19/h1-6,11-12H,7-10H2/b6-5+. The lowest BCUT2D eigenvalue weighted by atomic mass is 10.2. The molecule has 0 N–H and O–H groups in total. The van der Waals surface area contributed by atoms with Crippen LogP contribution in [0.5, 0.6) is 0 Å². The van der Waals surface area contributed by atoms with E-state index in [0.29, 0.717) is 10.6 Å². The van der Waals surface area contributed by atoms with E-state index >= 15 is 0 Å². The minimum atomic E-state index is -0.539. The summed E-state index contributed by atoms with van der Waals surface area (Å²) in [7, 11) is 0. The number of hydrogen-bond acceptors (Lipinski definition) is 6. The van der Waals surface area contributed by atoms with Gasteiger partial charge in [-0.1, -0.05) is 35.3 Å². The van der Waals surface area contributed by atoms with Gasteiger partial charge in [0, 0.05) is 37.6 Å². The number of nitrogens with zero attached hydrogens (tertiary/aromatic N) is 4. The molecule has 28 heavy (non-hydrogen) atoms. The maximum atomic E-state index is 10.9. The molecule has 0 saturated carbocycles. The van der Waals surface area contributed by atoms with E-state index in [1.165, 1.54) is 33.8 Å². The summed E-state index contributed by atoms with van der Waals surface area (Å²) in [5.74, 6) is 1.05. The third kappa shape index (κ3) is 3.78. The number of rotatable bonds is 4. The Balaban J connectivity index is 1.43. The molecular weight excluding hydrogens is 419 g/mol. The van der Waals surface area contributed by atoms with Crippen LogP contribution in [0.3, 0.4) is 0 Å². The number of fused-ring (bicyclic) bond motifs is 1. The van der Waals surface area contributed by atoms with Gasteiger partial charge in [-0.3, -0.25) is 10.1 Å². The van der Waals surface area contributed by atoms with Gasteiger partial charge in [0.15, 0.2) is 0 Å². The Morgan fingerprint density at radius 1 is 1.11 bits per heavy atom. The number of anilines is 1. The van der Waals surface area contributed by atoms with Gasteiger partial charge in [-0.2, -0.15) is 4.37 Å². The second-order valence-corrected chi connectivity index (χ2v) is 8.04. The molecule has 1 aromatic heterocycles. The lowest BCUT2D eigenvalue weighted by molar-refractivity contribution is -0.384. The maximum absolute atomic E-state index is 10.9. The first kappa shape index (κ1) is 19.0. The van der Waals surface area contributed by atoms with Crippen LogP contribution in [0.25, 0.3) is 16.2 Å². The number of aromatic nitrogens is 1. The van der Waals surface area contributed by atoms with Crippen LogP contribution in [-0.2, 0) is 0 Å². The molecule has 3 aromatic rings. The van der Waals surface area contributed by atoms with Crippen LogP contribution in [0, 0.1) is 10.1 Å². The predicted octanol–water partition coefficient (Wildman–Crippen LogP) is 5.30. The summed E-state index contributed by atoms with van der Waals surface area (Å²) in [6.45, 7) is 3.43. The fourth-order valence-corrected chi connectivity index (χ4v) is 4.45. The molecule has 0 atom stereocenters. The van der Waals surface area contributed by atoms with Gasteiger partial charge in [0.05, 0.1) is 14.6 Å². The fourth-order valence-electron chi connectivity index (χ4n) is 3.19. The van der Waals surface area contributed by atoms with Crippen LogP contribution < -0.4 is 4.90 Å². The lowest BCUT2D eigenvalue weighted by Gasteiger charge is -2.34. The fraction of sp³-hybridized carbons (Fsp3) is 0.211. The average molecular weight is 435 g/mol. The number of halogens is 2. The molecule has 0 unspecified atom stereocenters. The van der Waals surface area contributed by atoms with E-state index in [1.807, 2.05) is 24.4 Å². The molecule has 1 fully saturated rings. The predicted molar refractivity (Wildman–Crippen MR) is 116 cm³/mol. The molecule has 0 amide bonds. The molecule has 9 heteroatoms. The van der Waals surface area contributed by atoms with E-state index in [4.69, 9.17) is 23.2 Å². The highest BCUT2D eigenvalue weighted by atomic mass is 35.5. The molecule has 4 rings (SSSR count). The SMILES string of the molecule is O=[N+]([O-])c1cc(Cl)c(/C=C/N2CCN(c3nsc4ccccc34)CC2)cc1Cl. The molecule has 2 aromatic carbocycles. The van der Waals surface area contributed by atoms with Crippen molar-refractivity contribution in [3.63, 3.8) is 0 Å². The van der Waals surface area contributed by atoms with Crippen LogP contribution in [0.15, 0.2) is 42.6 Å². The highest BCUT2D eigenvalue weighted by Crippen LogP contribution is 2.32. The summed E-state index contributed by atoms with van der Waals surface area (Å²) in [4.78, 5) is 14.9. The Bertz CT molecular complexity index is 1060. The zero-order valence-electron chi connectivity index (χ0n) is 14.7. The first-order valence-electron chi connectivity index (χ1n) is 8.68. The number of nitro benzene ring substituents is 1. The molecule has 1 aliphatic heterocycles. The first-order valence-corrected chi connectivity index (χ1v) is 10.2. The first-order chi connectivity index (χ1) is 13.5. The molecule has 1 saturated heterocycles. The maximum Gasteiger partial charge on any atom is 0.289 e. The average Bonchev–Trinajstić information content (AvgIpc) is 3.12. The van der Waals surface area contributed by atoms with E-state index in [1.54, 1.807) is 0 Å². The molecule has 0 spiro atoms. The number of nitro groups is 1. The van der Waals surface area contributed by atoms with E-state index in [0.717, 1.165) is 32.0 Å². The normalized spacial score (nSPS) is 14.9. The molecule has 0 aliphatic carbocycles. The van der Waals surface area contributed by atoms with Crippen molar-refractivity contribution in [3.05, 3.63) is 68.3 Å². The Morgan fingerprint density at radius 2 is 1.86 bits per heavy atom. The molecule has 2 heterocycles. The summed E-state index contributed by atoms with van der Waals surface area (Å²) < 4.78 is 5.82. The van der Waals surface area contributed by atoms with E-state index in [-0.39, 0.29) is 10.7 Å². The Morgan fingerprint density at radius 3 is 2.61 bits per heavy atom. The van der Waals surface area contributed by atoms with Crippen LogP contribution in [0.1, 0.15) is 5.56 Å². The molecule has 0 bridgehead atoms. The third-order valence-corrected chi connectivity index (χ3v) is 6.15. The quantitative estimate of drug-likeness (QED) is 0.411. The molecule has 6 nitrogen and oxygen atoms in total. The molecular formula is C19H16Cl2N4O2S. The van der Waals surface area contributed by atoms with Crippen LogP contribution in [-0.4, -0.2) is 40.4 Å². The van der Waals surface area contributed by atoms with E-state index in [2.05, 4.69) is 26.3 Å². The third-order valence-electron chi connectivity index (χ3n) is 4.70. The minimum Gasteiger partial charge on any atom is -0.374 e. The summed E-state index contributed by atoms with van der Waals surface area (Å²) in [5, 5.41) is 12.5. The van der Waals surface area contributed by atoms with Gasteiger partial charge >= 0.3 is 0 Å². The number of benzene rings is 2. The summed E-state index contributed by atoms with van der Waals surface area (Å²) in [6, 6.07) is 11.1. The van der Waals surface area contributed by atoms with Crippen LogP contribution in [0.2, 0.25) is 10.0 Å². The lowest BCUT2D eigenvalue weighted by Crippen LogP contribution is -2.44. The van der Waals surface area contributed by atoms with Crippen molar-refractivity contribution in [1.29, 1.82) is 0 Å². The van der Waals surface area contributed by atoms with Gasteiger partial charge in [0.1, 0.15) is 10.8 Å². The second kappa shape index (κ2) is 7.95. The highest BCUT2D eigenvalue weighted by molar-refractivity contribution is 7.13. The van der Waals surface area contributed by atoms with Crippen molar-refractivity contribution in [2.45, 2.75) is 0 Å². The van der Waals surface area contributed by atoms with Gasteiger partial charge in [0.25, 0.3) is 5.69 Å². The van der Waals surface area contributed by atoms with Crippen molar-refractivity contribution in [3.8, 4) is 0 Å². The Hall–Kier alpha value is -2.35. The topological polar surface area (TPSA) is 62.5 Å². The van der Waals surface area contributed by atoms with Crippen LogP contribution >= 0.6 is 34.7 Å². The van der Waals surface area contributed by atoms with E-state index in [9.17, 15) is 10.1 Å². The summed E-state index contributed by atoms with van der Waals surface area (Å²) >= 11 is 13.7. The zero-order valence-corrected chi connectivity index (χ0v) is 17.0. The van der Waals surface area contributed by atoms with Gasteiger partial charge in [-0.15, -0.1) is 0 Å². The van der Waals surface area contributed by atoms with Crippen molar-refractivity contribution in [1.82, 2.24) is 9.27 Å². The largest absolute Gasteiger partial charge is 0.374 e. The number of piperazine rings is 1. The van der Waals surface area contributed by atoms with Crippen molar-refractivity contribution >= 4 is 62.4 Å². The van der Waals surface area contributed by atoms with Crippen molar-refractivity contribution in [2.24, 2.45) is 0 Å². The van der Waals surface area contributed by atoms with Crippen molar-refractivity contribution < 1.29 is 4.92 Å². The van der Waals surface area contributed by atoms with E-state index < -0.39 is 4.92 Å². The Labute approximate surface area is 175 Å².